The third-order valence-electron chi connectivity index (χ3n) is 4.74. The van der Waals surface area contributed by atoms with Gasteiger partial charge in [0.05, 0.1) is 26.7 Å². The van der Waals surface area contributed by atoms with Crippen LogP contribution in [0.15, 0.2) is 41.8 Å². The smallest absolute Gasteiger partial charge is 0.309 e. The van der Waals surface area contributed by atoms with Gasteiger partial charge in [0.15, 0.2) is 0 Å². The van der Waals surface area contributed by atoms with E-state index in [1.807, 2.05) is 35.7 Å². The summed E-state index contributed by atoms with van der Waals surface area (Å²) < 4.78 is 10.3. The van der Waals surface area contributed by atoms with Gasteiger partial charge in [-0.2, -0.15) is 0 Å². The van der Waals surface area contributed by atoms with E-state index in [1.165, 1.54) is 13.2 Å². The van der Waals surface area contributed by atoms with Gasteiger partial charge < -0.3 is 14.8 Å². The average Bonchev–Trinajstić information content (AvgIpc) is 3.26. The fourth-order valence-corrected chi connectivity index (χ4v) is 3.75. The summed E-state index contributed by atoms with van der Waals surface area (Å²) >= 11 is 1.58. The maximum Gasteiger partial charge on any atom is 0.309 e. The van der Waals surface area contributed by atoms with Crippen LogP contribution in [0.2, 0.25) is 0 Å². The van der Waals surface area contributed by atoms with Crippen LogP contribution in [0.4, 0.5) is 0 Å². The van der Waals surface area contributed by atoms with Crippen molar-refractivity contribution < 1.29 is 19.1 Å². The Morgan fingerprint density at radius 2 is 2.07 bits per heavy atom. The molecular weight excluding hydrogens is 388 g/mol. The number of hydrogen-bond donors (Lipinski definition) is 1. The second-order valence-electron chi connectivity index (χ2n) is 6.81. The fraction of sp³-hybridized carbons (Fsp3) is 0.364. The first-order valence-corrected chi connectivity index (χ1v) is 10.5. The fourth-order valence-electron chi connectivity index (χ4n) is 3.13. The number of ether oxygens (including phenoxy) is 2. The van der Waals surface area contributed by atoms with Crippen molar-refractivity contribution in [3.8, 4) is 0 Å². The Morgan fingerprint density at radius 1 is 1.24 bits per heavy atom. The minimum absolute atomic E-state index is 0.148. The maximum absolute atomic E-state index is 12.1. The molecule has 154 valence electrons. The zero-order chi connectivity index (χ0) is 20.5. The van der Waals surface area contributed by atoms with Gasteiger partial charge in [0.25, 0.3) is 0 Å². The lowest BCUT2D eigenvalue weighted by Crippen LogP contribution is -2.36. The molecule has 6 nitrogen and oxygen atoms in total. The molecule has 0 aliphatic carbocycles. The van der Waals surface area contributed by atoms with E-state index >= 15 is 0 Å². The van der Waals surface area contributed by atoms with E-state index in [0.717, 1.165) is 54.4 Å². The average molecular weight is 415 g/mol. The van der Waals surface area contributed by atoms with E-state index in [1.54, 1.807) is 17.4 Å². The molecule has 1 aliphatic rings. The maximum atomic E-state index is 12.1. The number of benzene rings is 1. The monoisotopic (exact) mass is 414 g/mol. The van der Waals surface area contributed by atoms with Crippen molar-refractivity contribution in [1.82, 2.24) is 10.2 Å². The van der Waals surface area contributed by atoms with Crippen molar-refractivity contribution in [1.29, 1.82) is 0 Å². The molecule has 0 saturated carbocycles. The predicted octanol–water partition coefficient (Wildman–Crippen LogP) is 2.63. The van der Waals surface area contributed by atoms with Crippen LogP contribution in [0.1, 0.15) is 21.6 Å². The second-order valence-corrected chi connectivity index (χ2v) is 7.79. The number of amides is 1. The zero-order valence-corrected chi connectivity index (χ0v) is 17.4. The van der Waals surface area contributed by atoms with Gasteiger partial charge in [-0.1, -0.05) is 24.3 Å². The van der Waals surface area contributed by atoms with Gasteiger partial charge in [-0.15, -0.1) is 11.3 Å². The number of methoxy groups -OCH3 is 1. The highest BCUT2D eigenvalue weighted by atomic mass is 32.1. The number of rotatable bonds is 8. The molecule has 1 fully saturated rings. The normalized spacial score (nSPS) is 14.8. The number of carbonyl (C=O) groups is 2. The first kappa shape index (κ1) is 21.2. The number of nitrogens with zero attached hydrogens (tertiary/aromatic N) is 1. The first-order valence-electron chi connectivity index (χ1n) is 9.61. The van der Waals surface area contributed by atoms with Crippen molar-refractivity contribution in [3.05, 3.63) is 63.4 Å². The van der Waals surface area contributed by atoms with Crippen LogP contribution in [0, 0.1) is 0 Å². The molecule has 0 unspecified atom stereocenters. The Kier molecular flexibility index (Phi) is 7.98. The lowest BCUT2D eigenvalue weighted by Gasteiger charge is -2.27. The summed E-state index contributed by atoms with van der Waals surface area (Å²) in [6.45, 7) is 4.40. The van der Waals surface area contributed by atoms with E-state index in [9.17, 15) is 9.59 Å². The molecule has 1 N–H and O–H groups in total. The summed E-state index contributed by atoms with van der Waals surface area (Å²) in [6, 6.07) is 9.93. The molecule has 1 aliphatic heterocycles. The molecule has 7 heteroatoms. The van der Waals surface area contributed by atoms with Crippen molar-refractivity contribution in [2.75, 3.05) is 33.4 Å². The Hall–Kier alpha value is -2.48. The van der Waals surface area contributed by atoms with E-state index in [0.29, 0.717) is 6.54 Å². The summed E-state index contributed by atoms with van der Waals surface area (Å²) in [5, 5.41) is 4.86. The Balaban J connectivity index is 1.64. The van der Waals surface area contributed by atoms with Gasteiger partial charge in [-0.05, 0) is 34.2 Å². The lowest BCUT2D eigenvalue weighted by atomic mass is 10.0. The first-order chi connectivity index (χ1) is 14.1. The van der Waals surface area contributed by atoms with Crippen molar-refractivity contribution in [2.24, 2.45) is 0 Å². The number of thiophene rings is 1. The summed E-state index contributed by atoms with van der Waals surface area (Å²) in [6.07, 6.45) is 3.55. The number of carbonyl (C=O) groups excluding carboxylic acids is 2. The zero-order valence-electron chi connectivity index (χ0n) is 16.6. The largest absolute Gasteiger partial charge is 0.469 e. The highest BCUT2D eigenvalue weighted by Gasteiger charge is 2.15. The molecule has 1 aromatic heterocycles. The molecule has 2 aromatic rings. The van der Waals surface area contributed by atoms with Crippen LogP contribution in [0.3, 0.4) is 0 Å². The van der Waals surface area contributed by atoms with E-state index in [4.69, 9.17) is 9.47 Å². The molecule has 29 heavy (non-hydrogen) atoms. The van der Waals surface area contributed by atoms with Gasteiger partial charge in [-0.25, -0.2) is 0 Å². The highest BCUT2D eigenvalue weighted by Crippen LogP contribution is 2.17. The third kappa shape index (κ3) is 6.81. The Bertz CT molecular complexity index is 843. The summed E-state index contributed by atoms with van der Waals surface area (Å²) in [7, 11) is 1.40. The van der Waals surface area contributed by atoms with E-state index in [-0.39, 0.29) is 18.3 Å². The summed E-state index contributed by atoms with van der Waals surface area (Å²) in [5.41, 5.74) is 2.99. The van der Waals surface area contributed by atoms with Gasteiger partial charge in [0, 0.05) is 37.1 Å². The van der Waals surface area contributed by atoms with Crippen LogP contribution in [-0.4, -0.2) is 50.2 Å². The standard InChI is InChI=1S/C22H26N2O4S/c1-27-22(26)14-19-13-17(4-5-18(19)16-24-8-10-28-11-9-24)15-23-21(25)7-6-20-3-2-12-29-20/h2-7,12-13H,8-11,14-16H2,1H3,(H,23,25)/b7-6+. The van der Waals surface area contributed by atoms with Crippen LogP contribution >= 0.6 is 11.3 Å². The minimum Gasteiger partial charge on any atom is -0.469 e. The molecule has 0 bridgehead atoms. The third-order valence-corrected chi connectivity index (χ3v) is 5.58. The molecule has 1 aromatic carbocycles. The summed E-state index contributed by atoms with van der Waals surface area (Å²) in [5.74, 6) is -0.418. The number of hydrogen-bond acceptors (Lipinski definition) is 6. The number of nitrogens with one attached hydrogen (secondary N) is 1. The SMILES string of the molecule is COC(=O)Cc1cc(CNC(=O)/C=C/c2cccs2)ccc1CN1CCOCC1. The van der Waals surface area contributed by atoms with Crippen LogP contribution < -0.4 is 5.32 Å². The van der Waals surface area contributed by atoms with Crippen LogP contribution in [-0.2, 0) is 38.6 Å². The predicted molar refractivity (Wildman–Crippen MR) is 113 cm³/mol. The molecule has 0 radical (unpaired) electrons. The highest BCUT2D eigenvalue weighted by molar-refractivity contribution is 7.10. The topological polar surface area (TPSA) is 67.9 Å². The molecule has 1 saturated heterocycles. The van der Waals surface area contributed by atoms with Crippen LogP contribution in [0.25, 0.3) is 6.08 Å². The molecule has 2 heterocycles. The van der Waals surface area contributed by atoms with E-state index in [2.05, 4.69) is 10.2 Å². The molecule has 0 atom stereocenters. The molecular formula is C22H26N2O4S. The quantitative estimate of drug-likeness (QED) is 0.531. The molecule has 3 rings (SSSR count). The van der Waals surface area contributed by atoms with E-state index < -0.39 is 0 Å². The van der Waals surface area contributed by atoms with Gasteiger partial charge in [-0.3, -0.25) is 14.5 Å². The van der Waals surface area contributed by atoms with Crippen molar-refractivity contribution >= 4 is 29.3 Å². The van der Waals surface area contributed by atoms with Crippen LogP contribution in [0.5, 0.6) is 0 Å². The Morgan fingerprint density at radius 3 is 2.79 bits per heavy atom. The minimum atomic E-state index is -0.270. The van der Waals surface area contributed by atoms with Crippen molar-refractivity contribution in [2.45, 2.75) is 19.5 Å². The Labute approximate surface area is 175 Å². The van der Waals surface area contributed by atoms with Gasteiger partial charge in [0.2, 0.25) is 5.91 Å². The summed E-state index contributed by atoms with van der Waals surface area (Å²) in [4.78, 5) is 27.3. The molecule has 0 spiro atoms. The van der Waals surface area contributed by atoms with Gasteiger partial charge in [0.1, 0.15) is 0 Å². The number of esters is 1. The molecule has 1 amide bonds. The van der Waals surface area contributed by atoms with Gasteiger partial charge >= 0.3 is 5.97 Å². The number of morpholine rings is 1. The lowest BCUT2D eigenvalue weighted by molar-refractivity contribution is -0.139. The second kappa shape index (κ2) is 10.9. The van der Waals surface area contributed by atoms with Crippen molar-refractivity contribution in [3.63, 3.8) is 0 Å².